The molecule has 4 aromatic rings. The van der Waals surface area contributed by atoms with Crippen molar-refractivity contribution in [2.45, 2.75) is 45.0 Å². The number of nitrogens with zero attached hydrogens (tertiary/aromatic N) is 1. The molecule has 39 heavy (non-hydrogen) atoms. The van der Waals surface area contributed by atoms with E-state index in [0.29, 0.717) is 30.8 Å². The summed E-state index contributed by atoms with van der Waals surface area (Å²) in [5, 5.41) is 2.90. The molecule has 1 heterocycles. The Bertz CT molecular complexity index is 1410. The van der Waals surface area contributed by atoms with Gasteiger partial charge in [-0.3, -0.25) is 9.69 Å². The Morgan fingerprint density at radius 3 is 2.46 bits per heavy atom. The summed E-state index contributed by atoms with van der Waals surface area (Å²) in [7, 11) is 0. The van der Waals surface area contributed by atoms with Crippen LogP contribution in [-0.4, -0.2) is 23.5 Å². The van der Waals surface area contributed by atoms with Gasteiger partial charge in [0, 0.05) is 25.2 Å². The molecule has 2 atom stereocenters. The van der Waals surface area contributed by atoms with E-state index in [4.69, 9.17) is 4.74 Å². The van der Waals surface area contributed by atoms with E-state index in [1.807, 2.05) is 49.4 Å². The van der Waals surface area contributed by atoms with Crippen molar-refractivity contribution in [1.29, 1.82) is 0 Å². The van der Waals surface area contributed by atoms with Crippen LogP contribution in [0.5, 0.6) is 5.75 Å². The van der Waals surface area contributed by atoms with E-state index in [-0.39, 0.29) is 23.6 Å². The SMILES string of the molecule is CC[C@@H](Oc1ccc2c(c1)[C@@H](c1ccccc1)N(Cc1ccccc1F)CC2)C(=O)NCc1ccc(F)cc1. The number of fused-ring (bicyclic) bond motifs is 1. The third kappa shape index (κ3) is 6.35. The van der Waals surface area contributed by atoms with E-state index in [0.717, 1.165) is 29.7 Å². The lowest BCUT2D eigenvalue weighted by Gasteiger charge is -2.38. The second-order valence-electron chi connectivity index (χ2n) is 9.84. The number of halogens is 2. The fourth-order valence-corrected chi connectivity index (χ4v) is 5.15. The van der Waals surface area contributed by atoms with Gasteiger partial charge in [0.05, 0.1) is 6.04 Å². The number of carbonyl (C=O) groups is 1. The molecule has 0 aromatic heterocycles. The quantitative estimate of drug-likeness (QED) is 0.268. The zero-order valence-corrected chi connectivity index (χ0v) is 21.9. The monoisotopic (exact) mass is 526 g/mol. The summed E-state index contributed by atoms with van der Waals surface area (Å²) in [4.78, 5) is 15.2. The molecule has 5 rings (SSSR count). The molecule has 0 saturated carbocycles. The molecule has 0 radical (unpaired) electrons. The first kappa shape index (κ1) is 26.6. The van der Waals surface area contributed by atoms with E-state index in [1.165, 1.54) is 23.8 Å². The van der Waals surface area contributed by atoms with Crippen molar-refractivity contribution in [3.05, 3.63) is 137 Å². The molecule has 0 fully saturated rings. The van der Waals surface area contributed by atoms with Gasteiger partial charge in [-0.15, -0.1) is 0 Å². The maximum absolute atomic E-state index is 14.6. The highest BCUT2D eigenvalue weighted by Gasteiger charge is 2.30. The molecule has 0 bridgehead atoms. The van der Waals surface area contributed by atoms with Crippen LogP contribution in [0.25, 0.3) is 0 Å². The maximum atomic E-state index is 14.6. The largest absolute Gasteiger partial charge is 0.481 e. The summed E-state index contributed by atoms with van der Waals surface area (Å²) >= 11 is 0. The van der Waals surface area contributed by atoms with Crippen LogP contribution in [0.2, 0.25) is 0 Å². The molecule has 1 aliphatic heterocycles. The van der Waals surface area contributed by atoms with Crippen molar-refractivity contribution in [1.82, 2.24) is 10.2 Å². The van der Waals surface area contributed by atoms with Crippen molar-refractivity contribution < 1.29 is 18.3 Å². The van der Waals surface area contributed by atoms with Crippen LogP contribution in [0.3, 0.4) is 0 Å². The molecule has 200 valence electrons. The molecule has 0 saturated heterocycles. The van der Waals surface area contributed by atoms with Crippen molar-refractivity contribution >= 4 is 5.91 Å². The van der Waals surface area contributed by atoms with Crippen LogP contribution < -0.4 is 10.1 Å². The van der Waals surface area contributed by atoms with Gasteiger partial charge < -0.3 is 10.1 Å². The van der Waals surface area contributed by atoms with Crippen LogP contribution >= 0.6 is 0 Å². The molecule has 1 amide bonds. The summed E-state index contributed by atoms with van der Waals surface area (Å²) in [6.07, 6.45) is 0.660. The number of hydrogen-bond donors (Lipinski definition) is 1. The highest BCUT2D eigenvalue weighted by molar-refractivity contribution is 5.81. The molecular weight excluding hydrogens is 494 g/mol. The van der Waals surface area contributed by atoms with Gasteiger partial charge in [-0.25, -0.2) is 8.78 Å². The van der Waals surface area contributed by atoms with Gasteiger partial charge in [-0.2, -0.15) is 0 Å². The number of nitrogens with one attached hydrogen (secondary N) is 1. The molecule has 4 nitrogen and oxygen atoms in total. The minimum atomic E-state index is -0.670. The number of ether oxygens (including phenoxy) is 1. The van der Waals surface area contributed by atoms with Gasteiger partial charge in [0.15, 0.2) is 6.10 Å². The third-order valence-corrected chi connectivity index (χ3v) is 7.21. The van der Waals surface area contributed by atoms with E-state index in [1.54, 1.807) is 18.2 Å². The van der Waals surface area contributed by atoms with Crippen molar-refractivity contribution in [2.75, 3.05) is 6.54 Å². The summed E-state index contributed by atoms with van der Waals surface area (Å²) in [6.45, 7) is 3.48. The molecule has 1 aliphatic rings. The molecule has 0 unspecified atom stereocenters. The van der Waals surface area contributed by atoms with Crippen molar-refractivity contribution in [2.24, 2.45) is 0 Å². The minimum Gasteiger partial charge on any atom is -0.481 e. The van der Waals surface area contributed by atoms with Crippen LogP contribution in [0.1, 0.15) is 47.2 Å². The zero-order chi connectivity index (χ0) is 27.2. The minimum absolute atomic E-state index is 0.0783. The lowest BCUT2D eigenvalue weighted by Crippen LogP contribution is -2.38. The Morgan fingerprint density at radius 1 is 0.974 bits per heavy atom. The van der Waals surface area contributed by atoms with Crippen LogP contribution in [-0.2, 0) is 24.3 Å². The lowest BCUT2D eigenvalue weighted by atomic mass is 9.87. The van der Waals surface area contributed by atoms with Gasteiger partial charge in [-0.05, 0) is 65.4 Å². The highest BCUT2D eigenvalue weighted by Crippen LogP contribution is 2.38. The normalized spacial score (nSPS) is 15.8. The Morgan fingerprint density at radius 2 is 1.72 bits per heavy atom. The fraction of sp³-hybridized carbons (Fsp3) is 0.242. The predicted octanol–water partition coefficient (Wildman–Crippen LogP) is 6.59. The molecule has 0 spiro atoms. The van der Waals surface area contributed by atoms with Gasteiger partial charge in [-0.1, -0.05) is 73.7 Å². The van der Waals surface area contributed by atoms with E-state index >= 15 is 0 Å². The van der Waals surface area contributed by atoms with E-state index in [2.05, 4.69) is 28.4 Å². The molecule has 4 aromatic carbocycles. The average molecular weight is 527 g/mol. The standard InChI is InChI=1S/C33H32F2N2O2/c1-2-31(33(38)36-21-23-12-15-27(34)16-13-23)39-28-17-14-24-18-19-37(22-26-10-6-7-11-30(26)35)32(29(24)20-28)25-8-4-3-5-9-25/h3-17,20,31-32H,2,18-19,21-22H2,1H3,(H,36,38)/t31-,32-/m1/s1. The number of rotatable bonds is 9. The highest BCUT2D eigenvalue weighted by atomic mass is 19.1. The number of hydrogen-bond acceptors (Lipinski definition) is 3. The molecule has 1 N–H and O–H groups in total. The summed E-state index contributed by atoms with van der Waals surface area (Å²) in [5.41, 5.74) is 4.92. The van der Waals surface area contributed by atoms with Gasteiger partial charge in [0.2, 0.25) is 0 Å². The fourth-order valence-electron chi connectivity index (χ4n) is 5.15. The first-order valence-corrected chi connectivity index (χ1v) is 13.4. The Hall–Kier alpha value is -4.03. The van der Waals surface area contributed by atoms with Crippen molar-refractivity contribution in [3.8, 4) is 5.75 Å². The van der Waals surface area contributed by atoms with Crippen LogP contribution in [0.4, 0.5) is 8.78 Å². The Balaban J connectivity index is 1.37. The first-order chi connectivity index (χ1) is 19.0. The van der Waals surface area contributed by atoms with Crippen molar-refractivity contribution in [3.63, 3.8) is 0 Å². The van der Waals surface area contributed by atoms with Crippen LogP contribution in [0.15, 0.2) is 97.1 Å². The molecule has 6 heteroatoms. The van der Waals surface area contributed by atoms with E-state index < -0.39 is 6.10 Å². The van der Waals surface area contributed by atoms with Crippen LogP contribution in [0, 0.1) is 11.6 Å². The number of carbonyl (C=O) groups excluding carboxylic acids is 1. The van der Waals surface area contributed by atoms with Gasteiger partial charge in [0.1, 0.15) is 17.4 Å². The topological polar surface area (TPSA) is 41.6 Å². The predicted molar refractivity (Wildman–Crippen MR) is 148 cm³/mol. The molecular formula is C33H32F2N2O2. The number of benzene rings is 4. The van der Waals surface area contributed by atoms with E-state index in [9.17, 15) is 13.6 Å². The maximum Gasteiger partial charge on any atom is 0.261 e. The lowest BCUT2D eigenvalue weighted by molar-refractivity contribution is -0.128. The average Bonchev–Trinajstić information content (AvgIpc) is 2.97. The Labute approximate surface area is 228 Å². The first-order valence-electron chi connectivity index (χ1n) is 13.4. The van der Waals surface area contributed by atoms with Gasteiger partial charge >= 0.3 is 0 Å². The second-order valence-corrected chi connectivity index (χ2v) is 9.84. The zero-order valence-electron chi connectivity index (χ0n) is 21.9. The smallest absolute Gasteiger partial charge is 0.261 e. The molecule has 0 aliphatic carbocycles. The second kappa shape index (κ2) is 12.2. The summed E-state index contributed by atoms with van der Waals surface area (Å²) in [5.74, 6) is -0.121. The van der Waals surface area contributed by atoms with Gasteiger partial charge in [0.25, 0.3) is 5.91 Å². The summed E-state index contributed by atoms with van der Waals surface area (Å²) < 4.78 is 34.0. The Kier molecular flexibility index (Phi) is 8.33. The summed E-state index contributed by atoms with van der Waals surface area (Å²) in [6, 6.07) is 29.1. The third-order valence-electron chi connectivity index (χ3n) is 7.21. The number of amides is 1.